The zero-order valence-corrected chi connectivity index (χ0v) is 21.0. The number of benzene rings is 2. The van der Waals surface area contributed by atoms with Gasteiger partial charge in [-0.05, 0) is 42.9 Å². The Bertz CT molecular complexity index is 1180. The van der Waals surface area contributed by atoms with Gasteiger partial charge in [0, 0.05) is 24.9 Å². The topological polar surface area (TPSA) is 78.5 Å². The summed E-state index contributed by atoms with van der Waals surface area (Å²) >= 11 is 1.43. The van der Waals surface area contributed by atoms with Crippen molar-refractivity contribution in [3.05, 3.63) is 77.4 Å². The van der Waals surface area contributed by atoms with Crippen molar-refractivity contribution in [2.24, 2.45) is 0 Å². The summed E-state index contributed by atoms with van der Waals surface area (Å²) in [6.45, 7) is 4.87. The summed E-state index contributed by atoms with van der Waals surface area (Å²) in [4.78, 5) is 41.5. The number of thiophene rings is 1. The van der Waals surface area contributed by atoms with E-state index in [2.05, 4.69) is 10.6 Å². The zero-order valence-electron chi connectivity index (χ0n) is 20.2. The second kappa shape index (κ2) is 11.3. The highest BCUT2D eigenvalue weighted by atomic mass is 32.1. The standard InChI is InChI=1S/C28H31N3O3S/c1-19-25(28(34)31-16-10-5-11-17-31)27(35-26(19)22-14-8-4-9-15-22)30-24(33)18-23(29-20(2)32)21-12-6-3-7-13-21/h3-4,6-9,12-15,23H,5,10-11,16-18H2,1-2H3,(H,29,32)(H,30,33)/t23-/m1/s1. The second-order valence-electron chi connectivity index (χ2n) is 8.90. The van der Waals surface area contributed by atoms with Gasteiger partial charge in [0.25, 0.3) is 5.91 Å². The molecule has 182 valence electrons. The molecule has 2 aromatic carbocycles. The number of amides is 3. The van der Waals surface area contributed by atoms with Gasteiger partial charge in [0.1, 0.15) is 5.00 Å². The fourth-order valence-electron chi connectivity index (χ4n) is 4.53. The summed E-state index contributed by atoms with van der Waals surface area (Å²) in [6, 6.07) is 18.9. The normalized spacial score (nSPS) is 14.3. The fraction of sp³-hybridized carbons (Fsp3) is 0.321. The highest BCUT2D eigenvalue weighted by Gasteiger charge is 2.28. The number of likely N-dealkylation sites (tertiary alicyclic amines) is 1. The lowest BCUT2D eigenvalue weighted by molar-refractivity contribution is -0.120. The average molecular weight is 490 g/mol. The van der Waals surface area contributed by atoms with Crippen LogP contribution in [-0.2, 0) is 9.59 Å². The fourth-order valence-corrected chi connectivity index (χ4v) is 5.75. The Labute approximate surface area is 210 Å². The molecule has 0 radical (unpaired) electrons. The first-order chi connectivity index (χ1) is 16.9. The molecule has 7 heteroatoms. The van der Waals surface area contributed by atoms with Crippen LogP contribution in [-0.4, -0.2) is 35.7 Å². The molecule has 1 aliphatic rings. The van der Waals surface area contributed by atoms with E-state index in [9.17, 15) is 14.4 Å². The Balaban J connectivity index is 1.63. The van der Waals surface area contributed by atoms with Crippen molar-refractivity contribution in [1.82, 2.24) is 10.2 Å². The highest BCUT2D eigenvalue weighted by Crippen LogP contribution is 2.41. The van der Waals surface area contributed by atoms with E-state index in [-0.39, 0.29) is 24.1 Å². The zero-order chi connectivity index (χ0) is 24.8. The van der Waals surface area contributed by atoms with E-state index < -0.39 is 6.04 Å². The average Bonchev–Trinajstić information content (AvgIpc) is 3.19. The molecule has 1 aromatic heterocycles. The first-order valence-corrected chi connectivity index (χ1v) is 12.9. The summed E-state index contributed by atoms with van der Waals surface area (Å²) in [6.07, 6.45) is 3.20. The summed E-state index contributed by atoms with van der Waals surface area (Å²) in [7, 11) is 0. The maximum atomic E-state index is 13.6. The van der Waals surface area contributed by atoms with Crippen LogP contribution < -0.4 is 10.6 Å². The van der Waals surface area contributed by atoms with Crippen molar-refractivity contribution < 1.29 is 14.4 Å². The van der Waals surface area contributed by atoms with Gasteiger partial charge in [0.15, 0.2) is 0 Å². The molecule has 3 amide bonds. The number of anilines is 1. The number of nitrogens with zero attached hydrogens (tertiary/aromatic N) is 1. The predicted octanol–water partition coefficient (Wildman–Crippen LogP) is 5.56. The van der Waals surface area contributed by atoms with Crippen LogP contribution in [0.5, 0.6) is 0 Å². The van der Waals surface area contributed by atoms with Crippen molar-refractivity contribution in [2.75, 3.05) is 18.4 Å². The molecule has 1 fully saturated rings. The molecule has 6 nitrogen and oxygen atoms in total. The minimum absolute atomic E-state index is 0.0302. The van der Waals surface area contributed by atoms with Gasteiger partial charge >= 0.3 is 0 Å². The summed E-state index contributed by atoms with van der Waals surface area (Å²) in [5.74, 6) is -0.482. The Morgan fingerprint density at radius 1 is 0.943 bits per heavy atom. The number of piperidine rings is 1. The third-order valence-electron chi connectivity index (χ3n) is 6.26. The van der Waals surface area contributed by atoms with Crippen molar-refractivity contribution >= 4 is 34.1 Å². The first kappa shape index (κ1) is 24.7. The monoisotopic (exact) mass is 489 g/mol. The van der Waals surface area contributed by atoms with Crippen LogP contribution in [0.4, 0.5) is 5.00 Å². The molecule has 0 spiro atoms. The first-order valence-electron chi connectivity index (χ1n) is 12.0. The lowest BCUT2D eigenvalue weighted by Gasteiger charge is -2.27. The number of rotatable bonds is 7. The third kappa shape index (κ3) is 5.98. The molecular formula is C28H31N3O3S. The van der Waals surface area contributed by atoms with E-state index in [1.165, 1.54) is 18.3 Å². The molecule has 2 N–H and O–H groups in total. The van der Waals surface area contributed by atoms with Crippen LogP contribution in [0.25, 0.3) is 10.4 Å². The third-order valence-corrected chi connectivity index (χ3v) is 7.52. The number of carbonyl (C=O) groups excluding carboxylic acids is 3. The number of hydrogen-bond donors (Lipinski definition) is 2. The quantitative estimate of drug-likeness (QED) is 0.456. The van der Waals surface area contributed by atoms with E-state index in [0.29, 0.717) is 10.6 Å². The van der Waals surface area contributed by atoms with Gasteiger partial charge in [-0.25, -0.2) is 0 Å². The van der Waals surface area contributed by atoms with Gasteiger partial charge in [0.05, 0.1) is 18.0 Å². The Morgan fingerprint density at radius 2 is 1.57 bits per heavy atom. The minimum Gasteiger partial charge on any atom is -0.349 e. The summed E-state index contributed by atoms with van der Waals surface area (Å²) in [5, 5.41) is 6.45. The van der Waals surface area contributed by atoms with Crippen LogP contribution in [0, 0.1) is 6.92 Å². The molecule has 1 atom stereocenters. The molecule has 0 saturated carbocycles. The van der Waals surface area contributed by atoms with Crippen LogP contribution >= 0.6 is 11.3 Å². The van der Waals surface area contributed by atoms with E-state index in [1.807, 2.05) is 72.5 Å². The molecule has 1 aliphatic heterocycles. The number of nitrogens with one attached hydrogen (secondary N) is 2. The van der Waals surface area contributed by atoms with Gasteiger partial charge in [-0.2, -0.15) is 0 Å². The van der Waals surface area contributed by atoms with E-state index in [0.717, 1.165) is 53.9 Å². The van der Waals surface area contributed by atoms with Gasteiger partial charge in [-0.15, -0.1) is 11.3 Å². The van der Waals surface area contributed by atoms with Crippen molar-refractivity contribution in [3.63, 3.8) is 0 Å². The molecule has 2 heterocycles. The largest absolute Gasteiger partial charge is 0.349 e. The van der Waals surface area contributed by atoms with Gasteiger partial charge in [-0.3, -0.25) is 14.4 Å². The van der Waals surface area contributed by atoms with Gasteiger partial charge < -0.3 is 15.5 Å². The summed E-state index contributed by atoms with van der Waals surface area (Å²) in [5.41, 5.74) is 3.33. The van der Waals surface area contributed by atoms with Crippen molar-refractivity contribution in [2.45, 2.75) is 45.6 Å². The van der Waals surface area contributed by atoms with E-state index in [4.69, 9.17) is 0 Å². The lowest BCUT2D eigenvalue weighted by atomic mass is 10.0. The van der Waals surface area contributed by atoms with Crippen LogP contribution in [0.2, 0.25) is 0 Å². The number of carbonyl (C=O) groups is 3. The van der Waals surface area contributed by atoms with Crippen molar-refractivity contribution in [1.29, 1.82) is 0 Å². The maximum absolute atomic E-state index is 13.6. The van der Waals surface area contributed by atoms with Crippen molar-refractivity contribution in [3.8, 4) is 10.4 Å². The molecule has 0 aliphatic carbocycles. The molecule has 0 unspecified atom stereocenters. The Kier molecular flexibility index (Phi) is 7.98. The number of hydrogen-bond acceptors (Lipinski definition) is 4. The molecule has 1 saturated heterocycles. The SMILES string of the molecule is CC(=O)N[C@H](CC(=O)Nc1sc(-c2ccccc2)c(C)c1C(=O)N1CCCCC1)c1ccccc1. The smallest absolute Gasteiger partial charge is 0.257 e. The Hall–Kier alpha value is -3.45. The lowest BCUT2D eigenvalue weighted by Crippen LogP contribution is -2.36. The van der Waals surface area contributed by atoms with E-state index >= 15 is 0 Å². The maximum Gasteiger partial charge on any atom is 0.257 e. The van der Waals surface area contributed by atoms with Crippen LogP contribution in [0.1, 0.15) is 60.1 Å². The summed E-state index contributed by atoms with van der Waals surface area (Å²) < 4.78 is 0. The van der Waals surface area contributed by atoms with Crippen LogP contribution in [0.15, 0.2) is 60.7 Å². The second-order valence-corrected chi connectivity index (χ2v) is 9.92. The molecule has 35 heavy (non-hydrogen) atoms. The van der Waals surface area contributed by atoms with E-state index in [1.54, 1.807) is 0 Å². The molecule has 4 rings (SSSR count). The highest BCUT2D eigenvalue weighted by molar-refractivity contribution is 7.20. The Morgan fingerprint density at radius 3 is 2.20 bits per heavy atom. The molecule has 0 bridgehead atoms. The predicted molar refractivity (Wildman–Crippen MR) is 140 cm³/mol. The van der Waals surface area contributed by atoms with Gasteiger partial charge in [-0.1, -0.05) is 60.7 Å². The van der Waals surface area contributed by atoms with Gasteiger partial charge in [0.2, 0.25) is 11.8 Å². The minimum atomic E-state index is -0.454. The molecular weight excluding hydrogens is 458 g/mol. The van der Waals surface area contributed by atoms with Crippen LogP contribution in [0.3, 0.4) is 0 Å². The molecule has 3 aromatic rings.